The lowest BCUT2D eigenvalue weighted by Crippen LogP contribution is -2.43. The maximum atomic E-state index is 2.77. The van der Waals surface area contributed by atoms with Gasteiger partial charge in [-0.2, -0.15) is 0 Å². The molecule has 2 aliphatic rings. The Kier molecular flexibility index (Phi) is 30.6. The Morgan fingerprint density at radius 3 is 1.17 bits per heavy atom. The second kappa shape index (κ2) is 33.3. The zero-order valence-electron chi connectivity index (χ0n) is 46.2. The van der Waals surface area contributed by atoms with Crippen molar-refractivity contribution in [3.63, 3.8) is 0 Å². The SMILES string of the molecule is CC(C)C(C)C.CC(C)c1ccccc1.CC(C)c1ccccc1.CCCCC1=C(CCCC)N(C(C)C)C(C)N1C.CCCCC1C(CCCC)N(C(C)C)C(C)N1c1ccccc1. The van der Waals surface area contributed by atoms with Gasteiger partial charge in [0.1, 0.15) is 0 Å². The van der Waals surface area contributed by atoms with Gasteiger partial charge in [0.2, 0.25) is 0 Å². The van der Waals surface area contributed by atoms with Crippen LogP contribution in [0.25, 0.3) is 0 Å². The van der Waals surface area contributed by atoms with Crippen molar-refractivity contribution in [1.82, 2.24) is 14.7 Å². The number of rotatable bonds is 18. The molecule has 5 rings (SSSR count). The Hall–Kier alpha value is -3.24. The first-order chi connectivity index (χ1) is 30.9. The molecule has 3 aromatic rings. The van der Waals surface area contributed by atoms with Crippen LogP contribution in [0.15, 0.2) is 102 Å². The number of hydrogen-bond donors (Lipinski definition) is 0. The van der Waals surface area contributed by atoms with Crippen LogP contribution in [0.2, 0.25) is 0 Å². The van der Waals surface area contributed by atoms with Crippen molar-refractivity contribution in [2.75, 3.05) is 11.9 Å². The van der Waals surface area contributed by atoms with Crippen molar-refractivity contribution in [1.29, 1.82) is 0 Å². The molecule has 0 aromatic heterocycles. The summed E-state index contributed by atoms with van der Waals surface area (Å²) in [5, 5.41) is 0. The molecule has 0 amide bonds. The van der Waals surface area contributed by atoms with E-state index < -0.39 is 0 Å². The highest BCUT2D eigenvalue weighted by atomic mass is 15.5. The Balaban J connectivity index is 0.000000442. The molecule has 0 radical (unpaired) electrons. The summed E-state index contributed by atoms with van der Waals surface area (Å²) in [7, 11) is 2.27. The lowest BCUT2D eigenvalue weighted by molar-refractivity contribution is 0.143. The minimum Gasteiger partial charge on any atom is -0.356 e. The van der Waals surface area contributed by atoms with E-state index in [1.165, 1.54) is 93.9 Å². The molecule has 65 heavy (non-hydrogen) atoms. The van der Waals surface area contributed by atoms with E-state index in [4.69, 9.17) is 0 Å². The van der Waals surface area contributed by atoms with Crippen molar-refractivity contribution >= 4 is 5.69 Å². The zero-order chi connectivity index (χ0) is 49.1. The van der Waals surface area contributed by atoms with Crippen LogP contribution in [-0.2, 0) is 0 Å². The molecule has 0 N–H and O–H groups in total. The maximum absolute atomic E-state index is 2.77. The lowest BCUT2D eigenvalue weighted by Gasteiger charge is -2.33. The Morgan fingerprint density at radius 1 is 0.446 bits per heavy atom. The minimum absolute atomic E-state index is 0.487. The second-order valence-corrected chi connectivity index (χ2v) is 20.8. The van der Waals surface area contributed by atoms with Gasteiger partial charge in [0, 0.05) is 48.3 Å². The number of allylic oxidation sites excluding steroid dienone is 2. The van der Waals surface area contributed by atoms with Gasteiger partial charge in [-0.15, -0.1) is 0 Å². The molecule has 1 fully saturated rings. The van der Waals surface area contributed by atoms with Crippen molar-refractivity contribution in [2.45, 2.75) is 250 Å². The van der Waals surface area contributed by atoms with Crippen LogP contribution < -0.4 is 4.90 Å². The second-order valence-electron chi connectivity index (χ2n) is 20.8. The summed E-state index contributed by atoms with van der Waals surface area (Å²) < 4.78 is 0. The topological polar surface area (TPSA) is 13.0 Å². The average Bonchev–Trinajstić information content (AvgIpc) is 3.71. The van der Waals surface area contributed by atoms with Gasteiger partial charge in [-0.05, 0) is 127 Å². The number of nitrogens with zero attached hydrogens (tertiary/aromatic N) is 4. The van der Waals surface area contributed by atoms with E-state index >= 15 is 0 Å². The van der Waals surface area contributed by atoms with Gasteiger partial charge in [0.05, 0.1) is 12.3 Å². The van der Waals surface area contributed by atoms with Gasteiger partial charge < -0.3 is 14.7 Å². The summed E-state index contributed by atoms with van der Waals surface area (Å²) in [4.78, 5) is 10.6. The number of unbranched alkanes of at least 4 members (excludes halogenated alkanes) is 4. The van der Waals surface area contributed by atoms with Crippen LogP contribution in [-0.4, -0.2) is 58.2 Å². The molecule has 4 unspecified atom stereocenters. The van der Waals surface area contributed by atoms with Gasteiger partial charge in [0.25, 0.3) is 0 Å². The largest absolute Gasteiger partial charge is 0.356 e. The molecule has 2 heterocycles. The van der Waals surface area contributed by atoms with E-state index in [1.54, 1.807) is 11.4 Å². The first-order valence-corrected chi connectivity index (χ1v) is 26.8. The van der Waals surface area contributed by atoms with Crippen LogP contribution in [0.1, 0.15) is 225 Å². The van der Waals surface area contributed by atoms with E-state index in [0.717, 1.165) is 11.8 Å². The normalized spacial score (nSPS) is 18.5. The van der Waals surface area contributed by atoms with Crippen LogP contribution in [0.5, 0.6) is 0 Å². The molecule has 0 saturated carbocycles. The van der Waals surface area contributed by atoms with Crippen molar-refractivity contribution in [3.05, 3.63) is 114 Å². The van der Waals surface area contributed by atoms with E-state index in [9.17, 15) is 0 Å². The average molecular weight is 896 g/mol. The first-order valence-electron chi connectivity index (χ1n) is 26.8. The summed E-state index contributed by atoms with van der Waals surface area (Å²) in [5.74, 6) is 3.02. The van der Waals surface area contributed by atoms with Crippen LogP contribution in [0.4, 0.5) is 5.69 Å². The molecule has 0 aliphatic carbocycles. The first kappa shape index (κ1) is 59.8. The highest BCUT2D eigenvalue weighted by molar-refractivity contribution is 5.50. The third kappa shape index (κ3) is 20.7. The van der Waals surface area contributed by atoms with E-state index in [1.807, 2.05) is 12.1 Å². The van der Waals surface area contributed by atoms with E-state index in [0.29, 0.717) is 48.3 Å². The number of para-hydroxylation sites is 1. The lowest BCUT2D eigenvalue weighted by atomic mass is 9.96. The Bertz CT molecular complexity index is 1540. The predicted molar refractivity (Wildman–Crippen MR) is 293 cm³/mol. The van der Waals surface area contributed by atoms with Gasteiger partial charge in [-0.3, -0.25) is 4.90 Å². The maximum Gasteiger partial charge on any atom is 0.0982 e. The van der Waals surface area contributed by atoms with E-state index in [2.05, 4.69) is 230 Å². The van der Waals surface area contributed by atoms with Crippen molar-refractivity contribution in [2.24, 2.45) is 11.8 Å². The minimum atomic E-state index is 0.487. The monoisotopic (exact) mass is 895 g/mol. The molecular formula is C61H106N4. The standard InChI is InChI=1S/C21H36N2.C16H32N2.2C9H12.C6H14/c1-6-8-15-20-21(16-9-7-2)23(18(5)22(20)17(3)4)19-13-11-10-12-14-19;1-7-9-11-15-16(12-10-8-2)18(13(3)4)14(5)17(15)6;2*1-8(2)9-6-4-3-5-7-9;1-5(2)6(3)4/h10-14,17-18,20-21H,6-9,15-16H2,1-5H3;13-14H,7-12H2,1-6H3;2*3-8H,1-2H3;5-6H,1-4H3. The highest BCUT2D eigenvalue weighted by Gasteiger charge is 2.45. The molecule has 4 atom stereocenters. The molecule has 1 saturated heterocycles. The Labute approximate surface area is 406 Å². The molecule has 3 aromatic carbocycles. The molecule has 370 valence electrons. The van der Waals surface area contributed by atoms with Crippen LogP contribution in [0.3, 0.4) is 0 Å². The molecular weight excluding hydrogens is 789 g/mol. The van der Waals surface area contributed by atoms with Crippen molar-refractivity contribution < 1.29 is 0 Å². The van der Waals surface area contributed by atoms with Gasteiger partial charge in [-0.1, -0.05) is 200 Å². The summed E-state index contributed by atoms with van der Waals surface area (Å²) in [6.07, 6.45) is 16.6. The number of anilines is 1. The third-order valence-electron chi connectivity index (χ3n) is 13.8. The number of hydrogen-bond acceptors (Lipinski definition) is 4. The summed E-state index contributed by atoms with van der Waals surface area (Å²) in [6.45, 7) is 41.1. The fourth-order valence-corrected chi connectivity index (χ4v) is 9.09. The summed E-state index contributed by atoms with van der Waals surface area (Å²) >= 11 is 0. The fraction of sp³-hybridized carbons (Fsp3) is 0.672. The smallest absolute Gasteiger partial charge is 0.0982 e. The predicted octanol–water partition coefficient (Wildman–Crippen LogP) is 18.2. The molecule has 2 aliphatic heterocycles. The van der Waals surface area contributed by atoms with E-state index in [-0.39, 0.29) is 0 Å². The molecule has 4 nitrogen and oxygen atoms in total. The molecule has 0 spiro atoms. The van der Waals surface area contributed by atoms with Gasteiger partial charge >= 0.3 is 0 Å². The quantitative estimate of drug-likeness (QED) is 0.126. The van der Waals surface area contributed by atoms with Crippen LogP contribution >= 0.6 is 0 Å². The Morgan fingerprint density at radius 2 is 0.831 bits per heavy atom. The fourth-order valence-electron chi connectivity index (χ4n) is 9.09. The van der Waals surface area contributed by atoms with Crippen LogP contribution in [0, 0.1) is 11.8 Å². The molecule has 0 bridgehead atoms. The summed E-state index contributed by atoms with van der Waals surface area (Å²) in [5.41, 5.74) is 7.45. The third-order valence-corrected chi connectivity index (χ3v) is 13.8. The van der Waals surface area contributed by atoms with Gasteiger partial charge in [-0.25, -0.2) is 0 Å². The molecule has 4 heteroatoms. The zero-order valence-corrected chi connectivity index (χ0v) is 46.2. The number of benzene rings is 3. The van der Waals surface area contributed by atoms with Crippen molar-refractivity contribution in [3.8, 4) is 0 Å². The summed E-state index contributed by atoms with van der Waals surface area (Å²) in [6, 6.07) is 34.6. The van der Waals surface area contributed by atoms with Gasteiger partial charge in [0.15, 0.2) is 0 Å². The highest BCUT2D eigenvalue weighted by Crippen LogP contribution is 2.38.